The summed E-state index contributed by atoms with van der Waals surface area (Å²) in [5, 5.41) is 1.10. The third kappa shape index (κ3) is 1.84. The van der Waals surface area contributed by atoms with Crippen LogP contribution in [0.5, 0.6) is 0 Å². The van der Waals surface area contributed by atoms with Gasteiger partial charge in [-0.3, -0.25) is 0 Å². The minimum Gasteiger partial charge on any atom is -0.238 e. The lowest BCUT2D eigenvalue weighted by molar-refractivity contribution is 0.227. The number of thiophene rings is 1. The molecule has 1 aromatic heterocycles. The van der Waals surface area contributed by atoms with E-state index >= 15 is 0 Å². The molecule has 0 spiro atoms. The number of hydrogen-bond acceptors (Lipinski definition) is 1. The van der Waals surface area contributed by atoms with Gasteiger partial charge in [0.05, 0.1) is 0 Å². The highest BCUT2D eigenvalue weighted by molar-refractivity contribution is 9.10. The maximum atomic E-state index is 13.7. The van der Waals surface area contributed by atoms with E-state index in [4.69, 9.17) is 0 Å². The van der Waals surface area contributed by atoms with Crippen molar-refractivity contribution in [2.75, 3.05) is 0 Å². The highest BCUT2D eigenvalue weighted by Gasteiger charge is 2.21. The second kappa shape index (κ2) is 3.31. The lowest BCUT2D eigenvalue weighted by Gasteiger charge is -2.09. The molecule has 1 aromatic carbocycles. The largest absolute Gasteiger partial charge is 0.238 e. The molecule has 0 fully saturated rings. The Hall–Kier alpha value is -0.410. The Morgan fingerprint density at radius 2 is 2.00 bits per heavy atom. The van der Waals surface area contributed by atoms with Crippen molar-refractivity contribution >= 4 is 37.4 Å². The molecule has 0 amide bonds. The molecule has 0 unspecified atom stereocenters. The molecule has 0 atom stereocenters. The first-order valence-corrected chi connectivity index (χ1v) is 5.96. The van der Waals surface area contributed by atoms with Gasteiger partial charge in [-0.2, -0.15) is 0 Å². The Morgan fingerprint density at radius 3 is 2.64 bits per heavy atom. The maximum absolute atomic E-state index is 13.7. The van der Waals surface area contributed by atoms with E-state index in [0.717, 1.165) is 19.4 Å². The Labute approximate surface area is 94.9 Å². The van der Waals surface area contributed by atoms with E-state index < -0.39 is 5.67 Å². The fourth-order valence-corrected chi connectivity index (χ4v) is 2.72. The molecule has 2 rings (SSSR count). The highest BCUT2D eigenvalue weighted by atomic mass is 79.9. The minimum absolute atomic E-state index is 0.783. The van der Waals surface area contributed by atoms with Gasteiger partial charge in [-0.25, -0.2) is 4.39 Å². The monoisotopic (exact) mass is 272 g/mol. The predicted molar refractivity (Wildman–Crippen MR) is 63.7 cm³/mol. The first-order valence-electron chi connectivity index (χ1n) is 4.35. The van der Waals surface area contributed by atoms with E-state index in [-0.39, 0.29) is 0 Å². The first kappa shape index (κ1) is 10.1. The fraction of sp³-hybridized carbons (Fsp3) is 0.273. The van der Waals surface area contributed by atoms with Crippen molar-refractivity contribution in [1.82, 2.24) is 0 Å². The number of benzene rings is 1. The maximum Gasteiger partial charge on any atom is 0.139 e. The molecule has 0 aliphatic carbocycles. The Morgan fingerprint density at radius 1 is 1.29 bits per heavy atom. The van der Waals surface area contributed by atoms with Crippen molar-refractivity contribution in [3.8, 4) is 0 Å². The molecule has 0 bridgehead atoms. The lowest BCUT2D eigenvalue weighted by atomic mass is 10.1. The molecular formula is C11H10BrFS. The smallest absolute Gasteiger partial charge is 0.139 e. The molecule has 2 aromatic rings. The minimum atomic E-state index is -1.24. The van der Waals surface area contributed by atoms with Gasteiger partial charge in [-0.15, -0.1) is 11.3 Å². The van der Waals surface area contributed by atoms with Gasteiger partial charge < -0.3 is 0 Å². The van der Waals surface area contributed by atoms with Gasteiger partial charge in [-0.1, -0.05) is 15.9 Å². The van der Waals surface area contributed by atoms with Crippen molar-refractivity contribution in [1.29, 1.82) is 0 Å². The second-order valence-electron chi connectivity index (χ2n) is 3.77. The van der Waals surface area contributed by atoms with Crippen LogP contribution < -0.4 is 0 Å². The topological polar surface area (TPSA) is 0 Å². The number of fused-ring (bicyclic) bond motifs is 1. The summed E-state index contributed by atoms with van der Waals surface area (Å²) in [5.74, 6) is 0. The van der Waals surface area contributed by atoms with Crippen molar-refractivity contribution < 1.29 is 4.39 Å². The summed E-state index contributed by atoms with van der Waals surface area (Å²) in [7, 11) is 0. The molecule has 0 aliphatic heterocycles. The van der Waals surface area contributed by atoms with E-state index in [1.165, 1.54) is 11.3 Å². The van der Waals surface area contributed by atoms with Crippen LogP contribution in [0.1, 0.15) is 18.7 Å². The Bertz CT molecular complexity index is 468. The van der Waals surface area contributed by atoms with Crippen molar-refractivity contribution in [3.63, 3.8) is 0 Å². The van der Waals surface area contributed by atoms with Gasteiger partial charge in [0.25, 0.3) is 0 Å². The molecular weight excluding hydrogens is 263 g/mol. The summed E-state index contributed by atoms with van der Waals surface area (Å²) in [6.07, 6.45) is 0. The van der Waals surface area contributed by atoms with Crippen LogP contribution >= 0.6 is 27.3 Å². The zero-order chi connectivity index (χ0) is 10.3. The molecule has 0 saturated heterocycles. The second-order valence-corrected chi connectivity index (χ2v) is 5.76. The number of hydrogen-bond donors (Lipinski definition) is 0. The van der Waals surface area contributed by atoms with Gasteiger partial charge >= 0.3 is 0 Å². The Kier molecular flexibility index (Phi) is 2.40. The van der Waals surface area contributed by atoms with E-state index in [0.29, 0.717) is 0 Å². The van der Waals surface area contributed by atoms with Gasteiger partial charge in [0.2, 0.25) is 0 Å². The molecule has 74 valence electrons. The van der Waals surface area contributed by atoms with E-state index in [2.05, 4.69) is 15.9 Å². The van der Waals surface area contributed by atoms with Crippen LogP contribution in [-0.4, -0.2) is 0 Å². The molecule has 0 saturated carbocycles. The molecule has 1 heterocycles. The van der Waals surface area contributed by atoms with Gasteiger partial charge in [0.1, 0.15) is 5.67 Å². The number of rotatable bonds is 1. The molecule has 0 nitrogen and oxygen atoms in total. The summed E-state index contributed by atoms with van der Waals surface area (Å²) < 4.78 is 15.8. The van der Waals surface area contributed by atoms with Crippen LogP contribution in [0.25, 0.3) is 10.1 Å². The van der Waals surface area contributed by atoms with Crippen LogP contribution in [0.4, 0.5) is 4.39 Å². The van der Waals surface area contributed by atoms with Gasteiger partial charge in [-0.05, 0) is 43.5 Å². The standard InChI is InChI=1S/C11H10BrFS/c1-11(2,13)10-6-7-5-8(12)3-4-9(7)14-10/h3-6H,1-2H3. The van der Waals surface area contributed by atoms with Crippen molar-refractivity contribution in [2.24, 2.45) is 0 Å². The fourth-order valence-electron chi connectivity index (χ4n) is 1.31. The quantitative estimate of drug-likeness (QED) is 0.695. The zero-order valence-electron chi connectivity index (χ0n) is 7.97. The van der Waals surface area contributed by atoms with Crippen LogP contribution in [0.2, 0.25) is 0 Å². The zero-order valence-corrected chi connectivity index (χ0v) is 10.4. The van der Waals surface area contributed by atoms with E-state index in [9.17, 15) is 4.39 Å². The normalized spacial score (nSPS) is 12.3. The van der Waals surface area contributed by atoms with Crippen LogP contribution in [0, 0.1) is 0 Å². The summed E-state index contributed by atoms with van der Waals surface area (Å²) in [4.78, 5) is 0.783. The average Bonchev–Trinajstić information content (AvgIpc) is 2.45. The van der Waals surface area contributed by atoms with E-state index in [1.54, 1.807) is 13.8 Å². The van der Waals surface area contributed by atoms with Crippen molar-refractivity contribution in [3.05, 3.63) is 33.6 Å². The summed E-state index contributed by atoms with van der Waals surface area (Å²) in [5.41, 5.74) is -1.24. The van der Waals surface area contributed by atoms with Gasteiger partial charge in [0, 0.05) is 14.0 Å². The average molecular weight is 273 g/mol. The SMILES string of the molecule is CC(C)(F)c1cc2cc(Br)ccc2s1. The summed E-state index contributed by atoms with van der Waals surface area (Å²) in [6, 6.07) is 7.93. The molecule has 0 aliphatic rings. The third-order valence-corrected chi connectivity index (χ3v) is 3.97. The number of alkyl halides is 1. The van der Waals surface area contributed by atoms with E-state index in [1.807, 2.05) is 24.3 Å². The molecule has 0 N–H and O–H groups in total. The third-order valence-electron chi connectivity index (χ3n) is 2.06. The lowest BCUT2D eigenvalue weighted by Crippen LogP contribution is -2.05. The first-order chi connectivity index (χ1) is 6.47. The molecule has 14 heavy (non-hydrogen) atoms. The predicted octanol–water partition coefficient (Wildman–Crippen LogP) is 4.87. The van der Waals surface area contributed by atoms with Crippen molar-refractivity contribution in [2.45, 2.75) is 19.5 Å². The van der Waals surface area contributed by atoms with Crippen LogP contribution in [0.3, 0.4) is 0 Å². The Balaban J connectivity index is 2.63. The van der Waals surface area contributed by atoms with Gasteiger partial charge in [0.15, 0.2) is 0 Å². The summed E-state index contributed by atoms with van der Waals surface area (Å²) in [6.45, 7) is 3.18. The highest BCUT2D eigenvalue weighted by Crippen LogP contribution is 2.36. The number of halogens is 2. The summed E-state index contributed by atoms with van der Waals surface area (Å²) >= 11 is 4.92. The van der Waals surface area contributed by atoms with Crippen LogP contribution in [0.15, 0.2) is 28.7 Å². The van der Waals surface area contributed by atoms with Crippen LogP contribution in [-0.2, 0) is 5.67 Å². The molecule has 0 radical (unpaired) electrons. The molecule has 3 heteroatoms.